The third-order valence-corrected chi connectivity index (χ3v) is 12.9. The lowest BCUT2D eigenvalue weighted by atomic mass is 9.73. The lowest BCUT2D eigenvalue weighted by Crippen LogP contribution is -2.65. The number of rotatable bonds is 21. The summed E-state index contributed by atoms with van der Waals surface area (Å²) in [4.78, 5) is 40.2. The standard InChI is InChI=1S/C45H51F12N9O4/c1-42(2,44(52,53)54)35(60-37(68)24-9-10-24)34(58)28(15-22-5-7-23(8-6-22)27-18-59-66(19-27)41(50)51)33(67)21-64(63-39(70)36(43(3,4)45(55,56)57)61-38(69)25-11-12-25)20-29-30(46)16-26(17-31(29)47)32-13-14-65(62-32)40(48)49/h5-8,13-14,16-19,24-25,28,33-36,40-41,67H,9-12,15,20-21,58H2,1-4H3,(H,60,68)(H,61,69)(H,63,70)/t28-,33-,34?,35-,36-/m1/s1. The number of hydrazine groups is 1. The maximum atomic E-state index is 16.0. The summed E-state index contributed by atoms with van der Waals surface area (Å²) in [7, 11) is 0. The van der Waals surface area contributed by atoms with Crippen LogP contribution in [0.2, 0.25) is 0 Å². The molecule has 384 valence electrons. The molecule has 70 heavy (non-hydrogen) atoms. The molecule has 0 aliphatic heterocycles. The van der Waals surface area contributed by atoms with Crippen LogP contribution in [0.25, 0.3) is 22.4 Å². The van der Waals surface area contributed by atoms with Crippen LogP contribution in [0.15, 0.2) is 61.1 Å². The molecule has 2 aliphatic carbocycles. The van der Waals surface area contributed by atoms with Gasteiger partial charge >= 0.3 is 25.5 Å². The third-order valence-electron chi connectivity index (χ3n) is 12.9. The van der Waals surface area contributed by atoms with E-state index in [4.69, 9.17) is 5.73 Å². The van der Waals surface area contributed by atoms with Crippen molar-refractivity contribution in [2.45, 2.75) is 116 Å². The zero-order valence-electron chi connectivity index (χ0n) is 37.9. The summed E-state index contributed by atoms with van der Waals surface area (Å²) < 4.78 is 174. The summed E-state index contributed by atoms with van der Waals surface area (Å²) in [5.41, 5.74) is 2.34. The van der Waals surface area contributed by atoms with E-state index in [-0.39, 0.29) is 27.1 Å². The number of nitrogens with one attached hydrogen (secondary N) is 3. The fraction of sp³-hybridized carbons (Fsp3) is 0.533. The molecule has 2 saturated carbocycles. The zero-order chi connectivity index (χ0) is 51.8. The Labute approximate surface area is 393 Å². The highest BCUT2D eigenvalue weighted by atomic mass is 19.4. The number of nitrogens with two attached hydrogens (primary N) is 1. The first-order chi connectivity index (χ1) is 32.5. The Morgan fingerprint density at radius 2 is 1.33 bits per heavy atom. The summed E-state index contributed by atoms with van der Waals surface area (Å²) in [5, 5.41) is 24.5. The number of alkyl halides is 10. The Balaban J connectivity index is 1.41. The van der Waals surface area contributed by atoms with E-state index in [2.05, 4.69) is 26.3 Å². The van der Waals surface area contributed by atoms with Crippen molar-refractivity contribution in [2.75, 3.05) is 6.54 Å². The fourth-order valence-corrected chi connectivity index (χ4v) is 7.79. The number of aromatic nitrogens is 4. The van der Waals surface area contributed by atoms with Crippen molar-refractivity contribution >= 4 is 17.7 Å². The molecule has 25 heteroatoms. The number of carbonyl (C=O) groups is 3. The second kappa shape index (κ2) is 20.6. The van der Waals surface area contributed by atoms with Gasteiger partial charge in [0.2, 0.25) is 11.8 Å². The van der Waals surface area contributed by atoms with E-state index in [1.165, 1.54) is 24.3 Å². The molecule has 13 nitrogen and oxygen atoms in total. The third kappa shape index (κ3) is 12.2. The SMILES string of the molecule is CC(C)([C@H](NC(=O)C1CC1)C(=O)NN(Cc1c(F)cc(-c2ccn(C(F)F)n2)cc1F)C[C@@H](O)[C@@H](Cc1ccc(-c2cnn(C(F)F)c2)cc1)C(N)[C@@H](NC(=O)C1CC1)C(C)(C)C(F)(F)F)C(F)(F)F. The van der Waals surface area contributed by atoms with E-state index in [9.17, 15) is 63.4 Å². The summed E-state index contributed by atoms with van der Waals surface area (Å²) in [5.74, 6) is -9.02. The number of aliphatic hydroxyl groups is 1. The second-order valence-electron chi connectivity index (χ2n) is 18.8. The van der Waals surface area contributed by atoms with Crippen LogP contribution in [0, 0.1) is 40.2 Å². The molecule has 6 N–H and O–H groups in total. The van der Waals surface area contributed by atoms with Gasteiger partial charge < -0.3 is 21.5 Å². The largest absolute Gasteiger partial charge is 0.396 e. The van der Waals surface area contributed by atoms with Gasteiger partial charge in [-0.15, -0.1) is 0 Å². The van der Waals surface area contributed by atoms with Crippen LogP contribution < -0.4 is 21.8 Å². The highest BCUT2D eigenvalue weighted by Crippen LogP contribution is 2.44. The van der Waals surface area contributed by atoms with Crippen LogP contribution in [0.5, 0.6) is 0 Å². The molecule has 2 heterocycles. The first-order valence-corrected chi connectivity index (χ1v) is 22.0. The van der Waals surface area contributed by atoms with E-state index < -0.39 is 133 Å². The quantitative estimate of drug-likeness (QED) is 0.0415. The smallest absolute Gasteiger partial charge is 0.391 e. The van der Waals surface area contributed by atoms with Crippen molar-refractivity contribution < 1.29 is 72.2 Å². The average molecular weight is 1010 g/mol. The van der Waals surface area contributed by atoms with Gasteiger partial charge in [0.05, 0.1) is 34.9 Å². The van der Waals surface area contributed by atoms with Crippen LogP contribution in [0.1, 0.15) is 77.6 Å². The minimum Gasteiger partial charge on any atom is -0.391 e. The maximum Gasteiger partial charge on any atom is 0.396 e. The van der Waals surface area contributed by atoms with Gasteiger partial charge in [-0.2, -0.15) is 54.1 Å². The number of hydrogen-bond donors (Lipinski definition) is 5. The second-order valence-corrected chi connectivity index (χ2v) is 18.8. The molecular formula is C45H51F12N9O4. The van der Waals surface area contributed by atoms with Crippen LogP contribution >= 0.6 is 0 Å². The summed E-state index contributed by atoms with van der Waals surface area (Å²) in [6.45, 7) is -5.49. The van der Waals surface area contributed by atoms with Gasteiger partial charge in [0.25, 0.3) is 5.91 Å². The summed E-state index contributed by atoms with van der Waals surface area (Å²) in [6, 6.07) is 1.88. The monoisotopic (exact) mass is 1010 g/mol. The van der Waals surface area contributed by atoms with Crippen molar-refractivity contribution in [1.29, 1.82) is 0 Å². The summed E-state index contributed by atoms with van der Waals surface area (Å²) >= 11 is 0. The topological polar surface area (TPSA) is 172 Å². The molecule has 1 unspecified atom stereocenters. The van der Waals surface area contributed by atoms with Gasteiger partial charge in [-0.1, -0.05) is 24.3 Å². The number of hydrogen-bond acceptors (Lipinski definition) is 8. The number of benzene rings is 2. The van der Waals surface area contributed by atoms with Crippen LogP contribution in [0.4, 0.5) is 52.7 Å². The van der Waals surface area contributed by atoms with Crippen LogP contribution in [-0.4, -0.2) is 90.5 Å². The van der Waals surface area contributed by atoms with Crippen molar-refractivity contribution in [3.8, 4) is 22.4 Å². The highest BCUT2D eigenvalue weighted by molar-refractivity contribution is 5.90. The van der Waals surface area contributed by atoms with E-state index in [1.54, 1.807) is 0 Å². The van der Waals surface area contributed by atoms with Crippen molar-refractivity contribution in [1.82, 2.24) is 40.6 Å². The van der Waals surface area contributed by atoms with E-state index in [1.807, 2.05) is 0 Å². The zero-order valence-corrected chi connectivity index (χ0v) is 37.9. The van der Waals surface area contributed by atoms with Gasteiger partial charge in [0.15, 0.2) is 0 Å². The lowest BCUT2D eigenvalue weighted by Gasteiger charge is -2.44. The number of halogens is 12. The predicted octanol–water partition coefficient (Wildman–Crippen LogP) is 7.83. The van der Waals surface area contributed by atoms with E-state index >= 15 is 8.78 Å². The molecular weight excluding hydrogens is 959 g/mol. The van der Waals surface area contributed by atoms with Crippen molar-refractivity contribution in [2.24, 2.45) is 34.3 Å². The van der Waals surface area contributed by atoms with Gasteiger partial charge in [-0.05, 0) is 89.1 Å². The van der Waals surface area contributed by atoms with Gasteiger partial charge in [-0.25, -0.2) is 23.2 Å². The molecule has 0 saturated heterocycles. The van der Waals surface area contributed by atoms with Crippen molar-refractivity contribution in [3.63, 3.8) is 0 Å². The molecule has 5 atom stereocenters. The fourth-order valence-electron chi connectivity index (χ4n) is 7.79. The summed E-state index contributed by atoms with van der Waals surface area (Å²) in [6.07, 6.45) is -8.34. The van der Waals surface area contributed by atoms with E-state index in [0.29, 0.717) is 66.9 Å². The number of nitrogens with zero attached hydrogens (tertiary/aromatic N) is 5. The molecule has 3 amide bonds. The number of amides is 3. The minimum atomic E-state index is -5.16. The average Bonchev–Trinajstić information content (AvgIpc) is 4.20. The predicted molar refractivity (Wildman–Crippen MR) is 226 cm³/mol. The van der Waals surface area contributed by atoms with Crippen molar-refractivity contribution in [3.05, 3.63) is 83.8 Å². The Morgan fingerprint density at radius 1 is 0.786 bits per heavy atom. The van der Waals surface area contributed by atoms with Gasteiger partial charge in [0, 0.05) is 66.0 Å². The molecule has 2 aliphatic rings. The van der Waals surface area contributed by atoms with Crippen LogP contribution in [0.3, 0.4) is 0 Å². The maximum absolute atomic E-state index is 16.0. The Hall–Kier alpha value is -5.69. The van der Waals surface area contributed by atoms with Gasteiger partial charge in [0.1, 0.15) is 17.7 Å². The molecule has 2 fully saturated rings. The Kier molecular flexibility index (Phi) is 15.8. The molecule has 0 spiro atoms. The highest BCUT2D eigenvalue weighted by Gasteiger charge is 2.58. The first-order valence-electron chi connectivity index (χ1n) is 22.0. The lowest BCUT2D eigenvalue weighted by molar-refractivity contribution is -0.225. The first kappa shape index (κ1) is 53.7. The minimum absolute atomic E-state index is 0.205. The Morgan fingerprint density at radius 3 is 1.81 bits per heavy atom. The molecule has 2 aromatic carbocycles. The molecule has 0 radical (unpaired) electrons. The molecule has 2 aromatic heterocycles. The molecule has 0 bridgehead atoms. The molecule has 6 rings (SSSR count). The Bertz CT molecular complexity index is 2460. The van der Waals surface area contributed by atoms with E-state index in [0.717, 1.165) is 38.5 Å². The normalized spacial score (nSPS) is 17.1. The van der Waals surface area contributed by atoms with Gasteiger partial charge in [-0.3, -0.25) is 19.8 Å². The number of carbonyl (C=O) groups excluding carboxylic acids is 3. The number of aliphatic hydroxyl groups excluding tert-OH is 1. The van der Waals surface area contributed by atoms with Crippen LogP contribution in [-0.2, 0) is 27.3 Å². The molecule has 4 aromatic rings.